The lowest BCUT2D eigenvalue weighted by molar-refractivity contribution is -0.122. The summed E-state index contributed by atoms with van der Waals surface area (Å²) >= 11 is 0. The zero-order valence-corrected chi connectivity index (χ0v) is 12.7. The predicted octanol–water partition coefficient (Wildman–Crippen LogP) is -0.0564. The summed E-state index contributed by atoms with van der Waals surface area (Å²) in [5, 5.41) is 7.27. The van der Waals surface area contributed by atoms with Crippen molar-refractivity contribution in [1.82, 2.24) is 24.9 Å². The summed E-state index contributed by atoms with van der Waals surface area (Å²) in [7, 11) is 4.20. The maximum atomic E-state index is 12.0. The fraction of sp³-hybridized carbons (Fsp3) is 0.714. The first kappa shape index (κ1) is 15.0. The molecule has 0 aliphatic carbocycles. The fourth-order valence-electron chi connectivity index (χ4n) is 2.51. The molecule has 2 heterocycles. The van der Waals surface area contributed by atoms with Crippen LogP contribution in [0, 0.1) is 6.92 Å². The molecule has 1 aromatic heterocycles. The summed E-state index contributed by atoms with van der Waals surface area (Å²) < 4.78 is 1.86. The number of hydrogen-bond acceptors (Lipinski definition) is 4. The maximum Gasteiger partial charge on any atom is 0.221 e. The molecule has 0 unspecified atom stereocenters. The van der Waals surface area contributed by atoms with Crippen molar-refractivity contribution in [3.05, 3.63) is 18.0 Å². The summed E-state index contributed by atoms with van der Waals surface area (Å²) in [6, 6.07) is 2.29. The van der Waals surface area contributed by atoms with Gasteiger partial charge in [-0.25, -0.2) is 0 Å². The minimum absolute atomic E-state index is 0.126. The van der Waals surface area contributed by atoms with Crippen molar-refractivity contribution in [3.8, 4) is 0 Å². The van der Waals surface area contributed by atoms with Gasteiger partial charge in [0.25, 0.3) is 0 Å². The van der Waals surface area contributed by atoms with Crippen LogP contribution in [0.1, 0.15) is 12.1 Å². The Kier molecular flexibility index (Phi) is 5.14. The molecule has 0 radical (unpaired) electrons. The van der Waals surface area contributed by atoms with E-state index in [0.29, 0.717) is 19.0 Å². The van der Waals surface area contributed by atoms with Crippen LogP contribution in [0.15, 0.2) is 12.3 Å². The third-order valence-corrected chi connectivity index (χ3v) is 3.84. The summed E-state index contributed by atoms with van der Waals surface area (Å²) in [6.45, 7) is 6.38. The van der Waals surface area contributed by atoms with Crippen molar-refractivity contribution < 1.29 is 4.79 Å². The van der Waals surface area contributed by atoms with Crippen LogP contribution < -0.4 is 5.32 Å². The smallest absolute Gasteiger partial charge is 0.221 e. The molecule has 20 heavy (non-hydrogen) atoms. The van der Waals surface area contributed by atoms with E-state index in [-0.39, 0.29) is 5.91 Å². The van der Waals surface area contributed by atoms with E-state index in [1.54, 1.807) is 0 Å². The van der Waals surface area contributed by atoms with Crippen molar-refractivity contribution in [2.24, 2.45) is 0 Å². The number of aryl methyl sites for hydroxylation is 1. The minimum atomic E-state index is 0.126. The Hall–Kier alpha value is -1.40. The number of rotatable bonds is 5. The first-order valence-electron chi connectivity index (χ1n) is 7.20. The minimum Gasteiger partial charge on any atom is -0.354 e. The van der Waals surface area contributed by atoms with E-state index < -0.39 is 0 Å². The van der Waals surface area contributed by atoms with Gasteiger partial charge in [-0.05, 0) is 27.1 Å². The second-order valence-corrected chi connectivity index (χ2v) is 5.67. The zero-order chi connectivity index (χ0) is 14.5. The highest BCUT2D eigenvalue weighted by molar-refractivity contribution is 5.76. The van der Waals surface area contributed by atoms with Gasteiger partial charge in [-0.1, -0.05) is 0 Å². The van der Waals surface area contributed by atoms with Gasteiger partial charge in [-0.2, -0.15) is 5.10 Å². The van der Waals surface area contributed by atoms with Crippen LogP contribution >= 0.6 is 0 Å². The van der Waals surface area contributed by atoms with Crippen LogP contribution in [0.3, 0.4) is 0 Å². The predicted molar refractivity (Wildman–Crippen MR) is 78.5 cm³/mol. The molecular weight excluding hydrogens is 254 g/mol. The molecule has 1 amide bonds. The summed E-state index contributed by atoms with van der Waals surface area (Å²) in [5.41, 5.74) is 1.00. The Balaban J connectivity index is 1.69. The standard InChI is InChI=1S/C14H25N5O/c1-12-4-6-19(16-12)7-5-15-14(20)10-13-11-17(2)8-9-18(13)3/h4,6,13H,5,7-11H2,1-3H3,(H,15,20)/t13-/m1/s1. The average Bonchev–Trinajstić information content (AvgIpc) is 2.80. The number of piperazine rings is 1. The van der Waals surface area contributed by atoms with E-state index in [9.17, 15) is 4.79 Å². The Morgan fingerprint density at radius 3 is 2.95 bits per heavy atom. The van der Waals surface area contributed by atoms with Crippen molar-refractivity contribution in [2.75, 3.05) is 40.3 Å². The van der Waals surface area contributed by atoms with Gasteiger partial charge in [0.05, 0.1) is 12.2 Å². The molecule has 1 aliphatic rings. The third-order valence-electron chi connectivity index (χ3n) is 3.84. The molecular formula is C14H25N5O. The third kappa shape index (κ3) is 4.31. The van der Waals surface area contributed by atoms with Gasteiger partial charge >= 0.3 is 0 Å². The average molecular weight is 279 g/mol. The van der Waals surface area contributed by atoms with Gasteiger partial charge in [0, 0.05) is 44.8 Å². The molecule has 2 rings (SSSR count). The van der Waals surface area contributed by atoms with E-state index in [0.717, 1.165) is 31.9 Å². The Morgan fingerprint density at radius 2 is 2.25 bits per heavy atom. The van der Waals surface area contributed by atoms with Crippen LogP contribution in [-0.4, -0.2) is 71.8 Å². The monoisotopic (exact) mass is 279 g/mol. The van der Waals surface area contributed by atoms with Crippen LogP contribution in [0.4, 0.5) is 0 Å². The summed E-state index contributed by atoms with van der Waals surface area (Å²) in [5.74, 6) is 0.126. The largest absolute Gasteiger partial charge is 0.354 e. The van der Waals surface area contributed by atoms with Gasteiger partial charge < -0.3 is 15.1 Å². The molecule has 0 saturated carbocycles. The van der Waals surface area contributed by atoms with Crippen LogP contribution in [0.25, 0.3) is 0 Å². The number of likely N-dealkylation sites (N-methyl/N-ethyl adjacent to an activating group) is 2. The topological polar surface area (TPSA) is 53.4 Å². The number of carbonyl (C=O) groups is 1. The lowest BCUT2D eigenvalue weighted by Gasteiger charge is -2.37. The SMILES string of the molecule is Cc1ccn(CCNC(=O)C[C@@H]2CN(C)CCN2C)n1. The Bertz CT molecular complexity index is 445. The summed E-state index contributed by atoms with van der Waals surface area (Å²) in [4.78, 5) is 16.5. The first-order valence-corrected chi connectivity index (χ1v) is 7.20. The Labute approximate surface area is 120 Å². The number of aromatic nitrogens is 2. The molecule has 1 aromatic rings. The van der Waals surface area contributed by atoms with E-state index in [4.69, 9.17) is 0 Å². The molecule has 0 spiro atoms. The second kappa shape index (κ2) is 6.85. The number of nitrogens with one attached hydrogen (secondary N) is 1. The van der Waals surface area contributed by atoms with Gasteiger partial charge in [0.15, 0.2) is 0 Å². The van der Waals surface area contributed by atoms with Crippen LogP contribution in [-0.2, 0) is 11.3 Å². The van der Waals surface area contributed by atoms with Gasteiger partial charge in [-0.15, -0.1) is 0 Å². The molecule has 1 saturated heterocycles. The highest BCUT2D eigenvalue weighted by atomic mass is 16.1. The normalized spacial score (nSPS) is 21.1. The van der Waals surface area contributed by atoms with Gasteiger partial charge in [0.2, 0.25) is 5.91 Å². The number of nitrogens with zero attached hydrogens (tertiary/aromatic N) is 4. The highest BCUT2D eigenvalue weighted by Crippen LogP contribution is 2.09. The first-order chi connectivity index (χ1) is 9.54. The maximum absolute atomic E-state index is 12.0. The highest BCUT2D eigenvalue weighted by Gasteiger charge is 2.24. The number of hydrogen-bond donors (Lipinski definition) is 1. The van der Waals surface area contributed by atoms with Gasteiger partial charge in [0.1, 0.15) is 0 Å². The molecule has 112 valence electrons. The van der Waals surface area contributed by atoms with Crippen molar-refractivity contribution in [3.63, 3.8) is 0 Å². The Morgan fingerprint density at radius 1 is 1.45 bits per heavy atom. The second-order valence-electron chi connectivity index (χ2n) is 5.67. The fourth-order valence-corrected chi connectivity index (χ4v) is 2.51. The van der Waals surface area contributed by atoms with Crippen LogP contribution in [0.2, 0.25) is 0 Å². The lowest BCUT2D eigenvalue weighted by Crippen LogP contribution is -2.51. The van der Waals surface area contributed by atoms with Crippen molar-refractivity contribution in [2.45, 2.75) is 25.9 Å². The molecule has 0 aromatic carbocycles. The van der Waals surface area contributed by atoms with Gasteiger partial charge in [-0.3, -0.25) is 9.48 Å². The molecule has 6 heteroatoms. The van der Waals surface area contributed by atoms with Crippen LogP contribution in [0.5, 0.6) is 0 Å². The van der Waals surface area contributed by atoms with Crippen molar-refractivity contribution in [1.29, 1.82) is 0 Å². The molecule has 1 atom stereocenters. The van der Waals surface area contributed by atoms with E-state index >= 15 is 0 Å². The number of amides is 1. The van der Waals surface area contributed by atoms with Crippen molar-refractivity contribution >= 4 is 5.91 Å². The summed E-state index contributed by atoms with van der Waals surface area (Å²) in [6.07, 6.45) is 2.50. The molecule has 1 N–H and O–H groups in total. The molecule has 1 fully saturated rings. The molecule has 6 nitrogen and oxygen atoms in total. The number of carbonyl (C=O) groups excluding carboxylic acids is 1. The van der Waals surface area contributed by atoms with E-state index in [1.165, 1.54) is 0 Å². The van der Waals surface area contributed by atoms with E-state index in [1.807, 2.05) is 23.9 Å². The molecule has 1 aliphatic heterocycles. The quantitative estimate of drug-likeness (QED) is 0.821. The molecule has 0 bridgehead atoms. The van der Waals surface area contributed by atoms with E-state index in [2.05, 4.69) is 34.3 Å². The lowest BCUT2D eigenvalue weighted by atomic mass is 10.1. The zero-order valence-electron chi connectivity index (χ0n) is 12.7.